The zero-order chi connectivity index (χ0) is 37.9. The van der Waals surface area contributed by atoms with Crippen molar-refractivity contribution in [2.24, 2.45) is 46.3 Å². The predicted molar refractivity (Wildman–Crippen MR) is 182 cm³/mol. The van der Waals surface area contributed by atoms with Gasteiger partial charge in [0.05, 0.1) is 12.7 Å². The number of ketones is 2. The van der Waals surface area contributed by atoms with Crippen molar-refractivity contribution in [1.82, 2.24) is 0 Å². The van der Waals surface area contributed by atoms with Gasteiger partial charge in [0.1, 0.15) is 54.3 Å². The topological polar surface area (TPSA) is 233 Å². The summed E-state index contributed by atoms with van der Waals surface area (Å²) in [5.74, 6) is 0.558. The molecule has 14 heteroatoms. The molecule has 0 spiro atoms. The number of carbonyl (C=O) groups is 2. The number of allylic oxidation sites excluding steroid dienone is 1. The molecule has 5 fully saturated rings. The third kappa shape index (κ3) is 7.09. The van der Waals surface area contributed by atoms with Crippen LogP contribution in [0.25, 0.3) is 0 Å². The molecule has 2 saturated heterocycles. The third-order valence-corrected chi connectivity index (χ3v) is 14.2. The Kier molecular flexibility index (Phi) is 12.1. The SMILES string of the molecule is C[C@@H](CO)CCC(=O)[C@@H](C)[C@H]1C(=O)C[C@H]2[C@@H]3CC=C4CC(O[C@@H]5OC(CO)[C@@H](O)[C@H](O)C5O[C@@H]5OC(O)[C@H](O)[C@H](O)C5O)CC[C@]4(C)[C@H]3CC[C@]12C. The van der Waals surface area contributed by atoms with E-state index in [4.69, 9.17) is 18.9 Å². The summed E-state index contributed by atoms with van der Waals surface area (Å²) in [4.78, 5) is 27.0. The maximum atomic E-state index is 13.7. The van der Waals surface area contributed by atoms with Crippen molar-refractivity contribution in [1.29, 1.82) is 0 Å². The quantitative estimate of drug-likeness (QED) is 0.134. The molecular formula is C38H60O14. The van der Waals surface area contributed by atoms with Gasteiger partial charge in [0.2, 0.25) is 0 Å². The van der Waals surface area contributed by atoms with Crippen molar-refractivity contribution in [2.45, 2.75) is 153 Å². The van der Waals surface area contributed by atoms with Gasteiger partial charge in [0.25, 0.3) is 0 Å². The highest BCUT2D eigenvalue weighted by Crippen LogP contribution is 2.66. The third-order valence-electron chi connectivity index (χ3n) is 14.2. The first-order valence-corrected chi connectivity index (χ1v) is 19.2. The fraction of sp³-hybridized carbons (Fsp3) is 0.895. The molecule has 6 rings (SSSR count). The van der Waals surface area contributed by atoms with Crippen molar-refractivity contribution in [3.05, 3.63) is 11.6 Å². The van der Waals surface area contributed by atoms with Crippen LogP contribution in [0.2, 0.25) is 0 Å². The Hall–Kier alpha value is -1.40. The van der Waals surface area contributed by atoms with E-state index in [0.29, 0.717) is 43.9 Å². The summed E-state index contributed by atoms with van der Waals surface area (Å²) in [5, 5.41) is 81.5. The average molecular weight is 741 g/mol. The van der Waals surface area contributed by atoms with Crippen LogP contribution in [0.5, 0.6) is 0 Å². The lowest BCUT2D eigenvalue weighted by Gasteiger charge is -2.58. The molecule has 8 N–H and O–H groups in total. The fourth-order valence-electron chi connectivity index (χ4n) is 10.9. The van der Waals surface area contributed by atoms with E-state index in [9.17, 15) is 50.4 Å². The largest absolute Gasteiger partial charge is 0.396 e. The molecule has 2 aliphatic heterocycles. The zero-order valence-electron chi connectivity index (χ0n) is 30.7. The number of rotatable bonds is 11. The van der Waals surface area contributed by atoms with Gasteiger partial charge in [-0.05, 0) is 79.4 Å². The second-order valence-electron chi connectivity index (χ2n) is 17.2. The van der Waals surface area contributed by atoms with Gasteiger partial charge in [0, 0.05) is 31.3 Å². The zero-order valence-corrected chi connectivity index (χ0v) is 30.7. The van der Waals surface area contributed by atoms with E-state index in [2.05, 4.69) is 19.9 Å². The maximum absolute atomic E-state index is 13.7. The van der Waals surface area contributed by atoms with Crippen molar-refractivity contribution in [3.63, 3.8) is 0 Å². The number of fused-ring (bicyclic) bond motifs is 5. The van der Waals surface area contributed by atoms with E-state index in [1.165, 1.54) is 5.57 Å². The number of hydrogen-bond acceptors (Lipinski definition) is 14. The molecular weight excluding hydrogens is 680 g/mol. The highest BCUT2D eigenvalue weighted by molar-refractivity contribution is 5.92. The molecule has 0 aromatic heterocycles. The first kappa shape index (κ1) is 40.3. The summed E-state index contributed by atoms with van der Waals surface area (Å²) in [7, 11) is 0. The minimum atomic E-state index is -1.89. The molecule has 2 heterocycles. The Morgan fingerprint density at radius 2 is 1.62 bits per heavy atom. The number of hydrogen-bond donors (Lipinski definition) is 8. The summed E-state index contributed by atoms with van der Waals surface area (Å²) in [6.45, 7) is 7.80. The van der Waals surface area contributed by atoms with Crippen LogP contribution in [-0.2, 0) is 28.5 Å². The molecule has 52 heavy (non-hydrogen) atoms. The Labute approximate surface area is 305 Å². The van der Waals surface area contributed by atoms with E-state index >= 15 is 0 Å². The number of ether oxygens (including phenoxy) is 4. The minimum Gasteiger partial charge on any atom is -0.396 e. The van der Waals surface area contributed by atoms with E-state index in [1.54, 1.807) is 0 Å². The van der Waals surface area contributed by atoms with Crippen molar-refractivity contribution in [2.75, 3.05) is 13.2 Å². The summed E-state index contributed by atoms with van der Waals surface area (Å²) in [6.07, 6.45) is -8.25. The predicted octanol–water partition coefficient (Wildman–Crippen LogP) is 0.325. The second-order valence-corrected chi connectivity index (χ2v) is 17.2. The van der Waals surface area contributed by atoms with Crippen LogP contribution >= 0.6 is 0 Å². The summed E-state index contributed by atoms with van der Waals surface area (Å²) in [5.41, 5.74) is 0.863. The molecule has 0 radical (unpaired) electrons. The van der Waals surface area contributed by atoms with Gasteiger partial charge in [-0.3, -0.25) is 9.59 Å². The van der Waals surface area contributed by atoms with Crippen molar-refractivity contribution >= 4 is 11.6 Å². The van der Waals surface area contributed by atoms with Gasteiger partial charge in [-0.1, -0.05) is 39.3 Å². The van der Waals surface area contributed by atoms with Gasteiger partial charge >= 0.3 is 0 Å². The lowest BCUT2D eigenvalue weighted by molar-refractivity contribution is -0.388. The second kappa shape index (κ2) is 15.6. The standard InChI is InChI=1S/C38H60O14/c1-17(15-39)5-8-24(41)18(2)27-25(42)14-23-21-7-6-19-13-20(9-11-37(19,3)22(21)10-12-38(23,27)4)49-36-33(30(45)28(43)26(16-40)50-36)51-35-32(47)29(44)31(46)34(48)52-35/h6,17-18,20-23,26-36,39-40,43-48H,5,7-16H2,1-4H3/t17-,18-,20?,21-,22+,23+,26?,27+,28-,29+,30+,31-,32?,33?,34?,35-,36-,37+,38+/m1/s1. The van der Waals surface area contributed by atoms with Crippen LogP contribution in [0.3, 0.4) is 0 Å². The monoisotopic (exact) mass is 740 g/mol. The normalized spacial score (nSPS) is 49.0. The Morgan fingerprint density at radius 1 is 0.885 bits per heavy atom. The fourth-order valence-corrected chi connectivity index (χ4v) is 10.9. The smallest absolute Gasteiger partial charge is 0.189 e. The van der Waals surface area contributed by atoms with Gasteiger partial charge < -0.3 is 59.8 Å². The highest BCUT2D eigenvalue weighted by Gasteiger charge is 2.62. The Bertz CT molecular complexity index is 1330. The molecule has 19 atom stereocenters. The highest BCUT2D eigenvalue weighted by atomic mass is 16.8. The Morgan fingerprint density at radius 3 is 2.31 bits per heavy atom. The van der Waals surface area contributed by atoms with Crippen molar-refractivity contribution in [3.8, 4) is 0 Å². The molecule has 5 unspecified atom stereocenters. The van der Waals surface area contributed by atoms with Gasteiger partial charge in [-0.25, -0.2) is 0 Å². The molecule has 4 aliphatic carbocycles. The van der Waals surface area contributed by atoms with Crippen LogP contribution in [0.1, 0.15) is 85.5 Å². The van der Waals surface area contributed by atoms with Gasteiger partial charge in [-0.15, -0.1) is 0 Å². The molecule has 296 valence electrons. The first-order valence-electron chi connectivity index (χ1n) is 19.2. The molecule has 0 aromatic rings. The van der Waals surface area contributed by atoms with Crippen LogP contribution in [0.4, 0.5) is 0 Å². The molecule has 0 bridgehead atoms. The Balaban J connectivity index is 1.15. The lowest BCUT2D eigenvalue weighted by Crippen LogP contribution is -2.64. The molecule has 14 nitrogen and oxygen atoms in total. The van der Waals surface area contributed by atoms with Crippen LogP contribution in [0, 0.1) is 46.3 Å². The number of aliphatic hydroxyl groups excluding tert-OH is 8. The van der Waals surface area contributed by atoms with Crippen LogP contribution in [0.15, 0.2) is 11.6 Å². The summed E-state index contributed by atoms with van der Waals surface area (Å²) >= 11 is 0. The number of carbonyl (C=O) groups excluding carboxylic acids is 2. The number of aliphatic hydroxyl groups is 8. The molecule has 6 aliphatic rings. The first-order chi connectivity index (χ1) is 24.5. The van der Waals surface area contributed by atoms with Crippen LogP contribution < -0.4 is 0 Å². The average Bonchev–Trinajstić information content (AvgIpc) is 3.40. The van der Waals surface area contributed by atoms with E-state index < -0.39 is 74.3 Å². The molecule has 0 aromatic carbocycles. The molecule has 3 saturated carbocycles. The van der Waals surface area contributed by atoms with Gasteiger partial charge in [-0.2, -0.15) is 0 Å². The van der Waals surface area contributed by atoms with Crippen molar-refractivity contribution < 1.29 is 69.4 Å². The van der Waals surface area contributed by atoms with Crippen LogP contribution in [-0.4, -0.2) is 133 Å². The van der Waals surface area contributed by atoms with E-state index in [1.807, 2.05) is 13.8 Å². The number of Topliss-reactive ketones (excluding diaryl/α,β-unsaturated/α-hetero) is 2. The summed E-state index contributed by atoms with van der Waals surface area (Å²) in [6, 6.07) is 0. The summed E-state index contributed by atoms with van der Waals surface area (Å²) < 4.78 is 23.2. The van der Waals surface area contributed by atoms with Gasteiger partial charge in [0.15, 0.2) is 18.9 Å². The lowest BCUT2D eigenvalue weighted by atomic mass is 9.47. The molecule has 0 amide bonds. The van der Waals surface area contributed by atoms with E-state index in [-0.39, 0.29) is 52.7 Å². The van der Waals surface area contributed by atoms with E-state index in [0.717, 1.165) is 25.7 Å². The maximum Gasteiger partial charge on any atom is 0.189 e. The minimum absolute atomic E-state index is 0.0413.